The van der Waals surface area contributed by atoms with Crippen molar-refractivity contribution in [3.63, 3.8) is 0 Å². The molecule has 2 amide bonds. The monoisotopic (exact) mass is 342 g/mol. The van der Waals surface area contributed by atoms with E-state index in [1.165, 1.54) is 13.0 Å². The third-order valence-electron chi connectivity index (χ3n) is 4.20. The smallest absolute Gasteiger partial charge is 0.339 e. The van der Waals surface area contributed by atoms with Gasteiger partial charge in [0, 0.05) is 37.3 Å². The quantitative estimate of drug-likeness (QED) is 0.890. The van der Waals surface area contributed by atoms with E-state index in [1.807, 2.05) is 6.07 Å². The second kappa shape index (κ2) is 6.43. The van der Waals surface area contributed by atoms with Crippen molar-refractivity contribution in [3.05, 3.63) is 46.9 Å². The van der Waals surface area contributed by atoms with E-state index in [2.05, 4.69) is 5.32 Å². The fraction of sp³-hybridized carbons (Fsp3) is 0.278. The molecule has 2 aromatic rings. The summed E-state index contributed by atoms with van der Waals surface area (Å²) in [4.78, 5) is 36.8. The summed E-state index contributed by atoms with van der Waals surface area (Å²) in [7, 11) is 0. The Morgan fingerprint density at radius 3 is 2.64 bits per heavy atom. The Bertz CT molecular complexity index is 868. The molecule has 25 heavy (non-hydrogen) atoms. The number of nitrogens with one attached hydrogen (secondary N) is 1. The second-order valence-electron chi connectivity index (χ2n) is 5.82. The lowest BCUT2D eigenvalue weighted by atomic mass is 10.1. The molecule has 0 aliphatic carbocycles. The first-order valence-electron chi connectivity index (χ1n) is 7.99. The van der Waals surface area contributed by atoms with Crippen LogP contribution in [-0.4, -0.2) is 29.4 Å². The zero-order valence-corrected chi connectivity index (χ0v) is 14.0. The largest absolute Gasteiger partial charge is 0.478 e. The van der Waals surface area contributed by atoms with Crippen LogP contribution in [0.4, 0.5) is 11.4 Å². The molecule has 2 N–H and O–H groups in total. The molecular formula is C18H18N2O5. The van der Waals surface area contributed by atoms with Gasteiger partial charge in [-0.05, 0) is 30.2 Å². The summed E-state index contributed by atoms with van der Waals surface area (Å²) in [6.45, 7) is 3.91. The SMILES string of the molecule is CCc1oc(C(=O)Nc2ccc3c(c2)CCN3C(C)=O)cc1C(=O)O. The first-order valence-corrected chi connectivity index (χ1v) is 7.99. The summed E-state index contributed by atoms with van der Waals surface area (Å²) < 4.78 is 5.35. The number of carbonyl (C=O) groups is 3. The molecule has 1 aliphatic heterocycles. The van der Waals surface area contributed by atoms with Crippen molar-refractivity contribution >= 4 is 29.2 Å². The molecule has 0 fully saturated rings. The Morgan fingerprint density at radius 2 is 2.04 bits per heavy atom. The Labute approximate surface area is 144 Å². The van der Waals surface area contributed by atoms with Gasteiger partial charge >= 0.3 is 5.97 Å². The van der Waals surface area contributed by atoms with E-state index in [-0.39, 0.29) is 23.0 Å². The zero-order chi connectivity index (χ0) is 18.1. The molecule has 0 bridgehead atoms. The Kier molecular flexibility index (Phi) is 4.31. The zero-order valence-electron chi connectivity index (χ0n) is 14.0. The number of carboxylic acid groups (broad SMARTS) is 1. The van der Waals surface area contributed by atoms with Crippen LogP contribution in [0, 0.1) is 0 Å². The minimum atomic E-state index is -1.12. The van der Waals surface area contributed by atoms with Crippen molar-refractivity contribution in [2.45, 2.75) is 26.7 Å². The molecule has 7 nitrogen and oxygen atoms in total. The molecular weight excluding hydrogens is 324 g/mol. The van der Waals surface area contributed by atoms with E-state index in [4.69, 9.17) is 9.52 Å². The number of furan rings is 1. The molecule has 3 rings (SSSR count). The number of hydrogen-bond donors (Lipinski definition) is 2. The Hall–Kier alpha value is -3.09. The van der Waals surface area contributed by atoms with Gasteiger partial charge in [-0.25, -0.2) is 4.79 Å². The Balaban J connectivity index is 1.80. The van der Waals surface area contributed by atoms with Crippen LogP contribution >= 0.6 is 0 Å². The third-order valence-corrected chi connectivity index (χ3v) is 4.20. The summed E-state index contributed by atoms with van der Waals surface area (Å²) in [5, 5.41) is 11.8. The summed E-state index contributed by atoms with van der Waals surface area (Å²) in [6, 6.07) is 6.56. The van der Waals surface area contributed by atoms with E-state index < -0.39 is 11.9 Å². The van der Waals surface area contributed by atoms with Gasteiger partial charge in [0.15, 0.2) is 5.76 Å². The molecule has 7 heteroatoms. The molecule has 130 valence electrons. The lowest BCUT2D eigenvalue weighted by Gasteiger charge is -2.14. The number of rotatable bonds is 4. The van der Waals surface area contributed by atoms with Crippen LogP contribution < -0.4 is 10.2 Å². The first kappa shape index (κ1) is 16.8. The molecule has 1 aliphatic rings. The number of benzene rings is 1. The maximum atomic E-state index is 12.3. The highest BCUT2D eigenvalue weighted by Gasteiger charge is 2.23. The first-order chi connectivity index (χ1) is 11.9. The van der Waals surface area contributed by atoms with Gasteiger partial charge in [0.25, 0.3) is 5.91 Å². The van der Waals surface area contributed by atoms with E-state index in [9.17, 15) is 14.4 Å². The van der Waals surface area contributed by atoms with Crippen LogP contribution in [0.25, 0.3) is 0 Å². The van der Waals surface area contributed by atoms with Crippen molar-refractivity contribution in [2.24, 2.45) is 0 Å². The van der Waals surface area contributed by atoms with Gasteiger partial charge in [0.1, 0.15) is 11.3 Å². The van der Waals surface area contributed by atoms with Crippen LogP contribution in [0.15, 0.2) is 28.7 Å². The molecule has 0 saturated heterocycles. The molecule has 0 saturated carbocycles. The topological polar surface area (TPSA) is 99.9 Å². The fourth-order valence-electron chi connectivity index (χ4n) is 2.98. The van der Waals surface area contributed by atoms with Crippen molar-refractivity contribution < 1.29 is 23.9 Å². The van der Waals surface area contributed by atoms with Gasteiger partial charge in [-0.2, -0.15) is 0 Å². The molecule has 1 aromatic carbocycles. The highest BCUT2D eigenvalue weighted by atomic mass is 16.4. The molecule has 2 heterocycles. The van der Waals surface area contributed by atoms with Gasteiger partial charge in [-0.15, -0.1) is 0 Å². The molecule has 0 atom stereocenters. The van der Waals surface area contributed by atoms with Gasteiger partial charge < -0.3 is 19.7 Å². The maximum absolute atomic E-state index is 12.3. The highest BCUT2D eigenvalue weighted by molar-refractivity contribution is 6.04. The number of aromatic carboxylic acids is 1. The van der Waals surface area contributed by atoms with E-state index in [0.29, 0.717) is 18.7 Å². The third kappa shape index (κ3) is 3.13. The molecule has 0 radical (unpaired) electrons. The van der Waals surface area contributed by atoms with Crippen LogP contribution in [0.2, 0.25) is 0 Å². The van der Waals surface area contributed by atoms with Crippen molar-refractivity contribution in [1.29, 1.82) is 0 Å². The van der Waals surface area contributed by atoms with Crippen LogP contribution in [-0.2, 0) is 17.6 Å². The lowest BCUT2D eigenvalue weighted by molar-refractivity contribution is -0.116. The number of fused-ring (bicyclic) bond motifs is 1. The van der Waals surface area contributed by atoms with E-state index >= 15 is 0 Å². The Morgan fingerprint density at radius 1 is 1.28 bits per heavy atom. The van der Waals surface area contributed by atoms with Gasteiger partial charge in [0.05, 0.1) is 0 Å². The summed E-state index contributed by atoms with van der Waals surface area (Å²) in [5.41, 5.74) is 2.40. The van der Waals surface area contributed by atoms with Crippen molar-refractivity contribution in [2.75, 3.05) is 16.8 Å². The average Bonchev–Trinajstić information content (AvgIpc) is 3.18. The molecule has 1 aromatic heterocycles. The number of amides is 2. The number of hydrogen-bond acceptors (Lipinski definition) is 4. The minimum Gasteiger partial charge on any atom is -0.478 e. The van der Waals surface area contributed by atoms with Gasteiger partial charge in [-0.1, -0.05) is 6.92 Å². The van der Waals surface area contributed by atoms with Crippen molar-refractivity contribution in [1.82, 2.24) is 0 Å². The molecule has 0 unspecified atom stereocenters. The van der Waals surface area contributed by atoms with Crippen LogP contribution in [0.1, 0.15) is 46.1 Å². The van der Waals surface area contributed by atoms with Crippen molar-refractivity contribution in [3.8, 4) is 0 Å². The number of nitrogens with zero attached hydrogens (tertiary/aromatic N) is 1. The standard InChI is InChI=1S/C18H18N2O5/c1-3-15-13(18(23)24)9-16(25-15)17(22)19-12-4-5-14-11(8-12)6-7-20(14)10(2)21/h4-5,8-9H,3,6-7H2,1-2H3,(H,19,22)(H,23,24). The fourth-order valence-corrected chi connectivity index (χ4v) is 2.98. The normalized spacial score (nSPS) is 12.8. The lowest BCUT2D eigenvalue weighted by Crippen LogP contribution is -2.25. The summed E-state index contributed by atoms with van der Waals surface area (Å²) >= 11 is 0. The van der Waals surface area contributed by atoms with Crippen LogP contribution in [0.5, 0.6) is 0 Å². The van der Waals surface area contributed by atoms with E-state index in [1.54, 1.807) is 24.0 Å². The number of carboxylic acids is 1. The predicted molar refractivity (Wildman–Crippen MR) is 91.2 cm³/mol. The highest BCUT2D eigenvalue weighted by Crippen LogP contribution is 2.30. The van der Waals surface area contributed by atoms with Gasteiger partial charge in [0.2, 0.25) is 5.91 Å². The molecule has 0 spiro atoms. The summed E-state index contributed by atoms with van der Waals surface area (Å²) in [5.74, 6) is -1.42. The predicted octanol–water partition coefficient (Wildman–Crippen LogP) is 2.70. The van der Waals surface area contributed by atoms with E-state index in [0.717, 1.165) is 17.7 Å². The number of anilines is 2. The number of carbonyl (C=O) groups excluding carboxylic acids is 2. The minimum absolute atomic E-state index is 0.00120. The second-order valence-corrected chi connectivity index (χ2v) is 5.82. The van der Waals surface area contributed by atoms with Gasteiger partial charge in [-0.3, -0.25) is 9.59 Å². The van der Waals surface area contributed by atoms with Crippen LogP contribution in [0.3, 0.4) is 0 Å². The summed E-state index contributed by atoms with van der Waals surface area (Å²) in [6.07, 6.45) is 1.11. The number of aryl methyl sites for hydroxylation is 1. The average molecular weight is 342 g/mol. The maximum Gasteiger partial charge on any atom is 0.339 e.